The number of Topliss-reactive ketones (excluding diaryl/α,β-unsaturated/α-hetero) is 1. The van der Waals surface area contributed by atoms with Gasteiger partial charge in [-0.2, -0.15) is 0 Å². The molecule has 0 radical (unpaired) electrons. The Bertz CT molecular complexity index is 632. The molecule has 0 aromatic heterocycles. The first-order chi connectivity index (χ1) is 12.5. The number of nitrogens with one attached hydrogen (secondary N) is 1. The quantitative estimate of drug-likeness (QED) is 0.659. The van der Waals surface area contributed by atoms with E-state index in [0.717, 1.165) is 19.3 Å². The Morgan fingerprint density at radius 3 is 2.31 bits per heavy atom. The molecule has 26 heavy (non-hydrogen) atoms. The second-order valence-electron chi connectivity index (χ2n) is 6.93. The summed E-state index contributed by atoms with van der Waals surface area (Å²) in [6.45, 7) is 0.174. The summed E-state index contributed by atoms with van der Waals surface area (Å²) < 4.78 is 5.06. The molecular formula is C20H27NO5. The minimum atomic E-state index is -0.827. The van der Waals surface area contributed by atoms with Gasteiger partial charge in [0, 0.05) is 24.9 Å². The van der Waals surface area contributed by atoms with Crippen LogP contribution >= 0.6 is 0 Å². The van der Waals surface area contributed by atoms with Crippen molar-refractivity contribution in [1.82, 2.24) is 5.32 Å². The summed E-state index contributed by atoms with van der Waals surface area (Å²) in [5.74, 6) is -0.350. The number of carbonyl (C=O) groups is 3. The van der Waals surface area contributed by atoms with Gasteiger partial charge in [-0.3, -0.25) is 14.4 Å². The molecule has 0 aliphatic heterocycles. The third-order valence-electron chi connectivity index (χ3n) is 5.11. The van der Waals surface area contributed by atoms with E-state index in [1.807, 2.05) is 0 Å². The van der Waals surface area contributed by atoms with Gasteiger partial charge in [-0.05, 0) is 43.5 Å². The summed E-state index contributed by atoms with van der Waals surface area (Å²) in [5.41, 5.74) is -0.231. The molecule has 0 atom stereocenters. The van der Waals surface area contributed by atoms with E-state index in [9.17, 15) is 19.5 Å². The minimum absolute atomic E-state index is 0.0188. The number of ketones is 1. The van der Waals surface area contributed by atoms with Crippen LogP contribution in [0.1, 0.15) is 61.7 Å². The van der Waals surface area contributed by atoms with Gasteiger partial charge in [0.05, 0.1) is 12.5 Å². The Balaban J connectivity index is 1.74. The fraction of sp³-hybridized carbons (Fsp3) is 0.550. The molecule has 1 aromatic rings. The molecule has 0 saturated heterocycles. The van der Waals surface area contributed by atoms with Crippen molar-refractivity contribution in [2.24, 2.45) is 5.41 Å². The molecule has 1 fully saturated rings. The van der Waals surface area contributed by atoms with Crippen LogP contribution in [0.4, 0.5) is 0 Å². The third kappa shape index (κ3) is 5.31. The lowest BCUT2D eigenvalue weighted by Gasteiger charge is -2.33. The molecule has 2 N–H and O–H groups in total. The Hall–Kier alpha value is -2.37. The Kier molecular flexibility index (Phi) is 7.18. The number of methoxy groups -OCH3 is 1. The van der Waals surface area contributed by atoms with Gasteiger partial charge in [0.1, 0.15) is 5.75 Å². The maximum Gasteiger partial charge on any atom is 0.311 e. The van der Waals surface area contributed by atoms with Gasteiger partial charge in [0.15, 0.2) is 5.78 Å². The molecule has 0 spiro atoms. The van der Waals surface area contributed by atoms with Gasteiger partial charge < -0.3 is 15.2 Å². The first-order valence-electron chi connectivity index (χ1n) is 9.14. The average molecular weight is 361 g/mol. The number of carbonyl (C=O) groups excluding carboxylic acids is 2. The molecule has 1 amide bonds. The van der Waals surface area contributed by atoms with Gasteiger partial charge in [-0.25, -0.2) is 0 Å². The van der Waals surface area contributed by atoms with E-state index in [1.165, 1.54) is 0 Å². The zero-order valence-electron chi connectivity index (χ0n) is 15.3. The highest BCUT2D eigenvalue weighted by molar-refractivity contribution is 5.96. The topological polar surface area (TPSA) is 92.7 Å². The Morgan fingerprint density at radius 2 is 1.73 bits per heavy atom. The maximum absolute atomic E-state index is 12.1. The molecule has 1 aliphatic rings. The number of ether oxygens (including phenoxy) is 1. The number of aliphatic carboxylic acids is 1. The van der Waals surface area contributed by atoms with Crippen LogP contribution in [-0.2, 0) is 9.59 Å². The van der Waals surface area contributed by atoms with Crippen molar-refractivity contribution >= 4 is 17.7 Å². The molecule has 0 heterocycles. The zero-order valence-corrected chi connectivity index (χ0v) is 15.3. The van der Waals surface area contributed by atoms with Crippen LogP contribution in [0.5, 0.6) is 5.75 Å². The van der Waals surface area contributed by atoms with E-state index >= 15 is 0 Å². The van der Waals surface area contributed by atoms with Gasteiger partial charge in [0.2, 0.25) is 5.91 Å². The average Bonchev–Trinajstić information content (AvgIpc) is 2.67. The van der Waals surface area contributed by atoms with Crippen molar-refractivity contribution < 1.29 is 24.2 Å². The number of carboxylic acids is 1. The third-order valence-corrected chi connectivity index (χ3v) is 5.11. The van der Waals surface area contributed by atoms with Gasteiger partial charge >= 0.3 is 5.97 Å². The van der Waals surface area contributed by atoms with Crippen molar-refractivity contribution in [2.75, 3.05) is 13.7 Å². The van der Waals surface area contributed by atoms with E-state index < -0.39 is 11.4 Å². The number of amides is 1. The summed E-state index contributed by atoms with van der Waals surface area (Å²) in [5, 5.41) is 12.3. The van der Waals surface area contributed by atoms with Crippen molar-refractivity contribution in [3.05, 3.63) is 29.8 Å². The smallest absolute Gasteiger partial charge is 0.311 e. The van der Waals surface area contributed by atoms with Crippen molar-refractivity contribution in [1.29, 1.82) is 0 Å². The second kappa shape index (κ2) is 9.36. The highest BCUT2D eigenvalue weighted by Gasteiger charge is 2.39. The molecule has 142 valence electrons. The minimum Gasteiger partial charge on any atom is -0.497 e. The maximum atomic E-state index is 12.1. The molecule has 1 aliphatic carbocycles. The summed E-state index contributed by atoms with van der Waals surface area (Å²) in [6, 6.07) is 6.88. The van der Waals surface area contributed by atoms with Gasteiger partial charge in [-0.1, -0.05) is 19.3 Å². The van der Waals surface area contributed by atoms with E-state index in [0.29, 0.717) is 30.6 Å². The van der Waals surface area contributed by atoms with Gasteiger partial charge in [-0.15, -0.1) is 0 Å². The molecular weight excluding hydrogens is 334 g/mol. The van der Waals surface area contributed by atoms with E-state index in [2.05, 4.69) is 5.32 Å². The number of hydrogen-bond donors (Lipinski definition) is 2. The normalized spacial score (nSPS) is 15.9. The molecule has 6 nitrogen and oxygen atoms in total. The highest BCUT2D eigenvalue weighted by Crippen LogP contribution is 2.36. The molecule has 2 rings (SSSR count). The monoisotopic (exact) mass is 361 g/mol. The largest absolute Gasteiger partial charge is 0.497 e. The fourth-order valence-corrected chi connectivity index (χ4v) is 3.38. The van der Waals surface area contributed by atoms with Crippen LogP contribution in [0.15, 0.2) is 24.3 Å². The lowest BCUT2D eigenvalue weighted by atomic mass is 9.74. The van der Waals surface area contributed by atoms with Crippen molar-refractivity contribution in [3.8, 4) is 5.75 Å². The second-order valence-corrected chi connectivity index (χ2v) is 6.93. The van der Waals surface area contributed by atoms with E-state index in [1.54, 1.807) is 31.4 Å². The first kappa shape index (κ1) is 19.9. The first-order valence-corrected chi connectivity index (χ1v) is 9.14. The molecule has 1 saturated carbocycles. The fourth-order valence-electron chi connectivity index (χ4n) is 3.38. The van der Waals surface area contributed by atoms with Crippen LogP contribution < -0.4 is 10.1 Å². The number of rotatable bonds is 9. The molecule has 6 heteroatoms. The summed E-state index contributed by atoms with van der Waals surface area (Å²) >= 11 is 0. The SMILES string of the molecule is COc1ccc(C(=O)CCCC(=O)NCC2(C(=O)O)CCCCC2)cc1. The lowest BCUT2D eigenvalue weighted by molar-refractivity contribution is -0.151. The summed E-state index contributed by atoms with van der Waals surface area (Å²) in [4.78, 5) is 35.7. The summed E-state index contributed by atoms with van der Waals surface area (Å²) in [7, 11) is 1.57. The van der Waals surface area contributed by atoms with Crippen LogP contribution in [0.2, 0.25) is 0 Å². The standard InChI is InChI=1S/C20H27NO5/c1-26-16-10-8-15(9-11-16)17(22)6-5-7-18(23)21-14-20(19(24)25)12-3-2-4-13-20/h8-11H,2-7,12-14H2,1H3,(H,21,23)(H,24,25). The Morgan fingerprint density at radius 1 is 1.08 bits per heavy atom. The van der Waals surface area contributed by atoms with E-state index in [-0.39, 0.29) is 31.1 Å². The number of benzene rings is 1. The molecule has 0 bridgehead atoms. The molecule has 1 aromatic carbocycles. The Labute approximate surface area is 153 Å². The zero-order chi connectivity index (χ0) is 19.0. The van der Waals surface area contributed by atoms with Crippen LogP contribution in [-0.4, -0.2) is 36.4 Å². The molecule has 0 unspecified atom stereocenters. The van der Waals surface area contributed by atoms with Crippen LogP contribution in [0.25, 0.3) is 0 Å². The number of carboxylic acid groups (broad SMARTS) is 1. The number of hydrogen-bond acceptors (Lipinski definition) is 4. The predicted molar refractivity (Wildman–Crippen MR) is 97.3 cm³/mol. The van der Waals surface area contributed by atoms with Crippen LogP contribution in [0.3, 0.4) is 0 Å². The lowest BCUT2D eigenvalue weighted by Crippen LogP contribution is -2.44. The summed E-state index contributed by atoms with van der Waals surface area (Å²) in [6.07, 6.45) is 4.99. The van der Waals surface area contributed by atoms with E-state index in [4.69, 9.17) is 4.74 Å². The van der Waals surface area contributed by atoms with Crippen molar-refractivity contribution in [2.45, 2.75) is 51.4 Å². The predicted octanol–water partition coefficient (Wildman–Crippen LogP) is 3.20. The van der Waals surface area contributed by atoms with Gasteiger partial charge in [0.25, 0.3) is 0 Å². The van der Waals surface area contributed by atoms with Crippen molar-refractivity contribution in [3.63, 3.8) is 0 Å². The highest BCUT2D eigenvalue weighted by atomic mass is 16.5. The van der Waals surface area contributed by atoms with Crippen LogP contribution in [0, 0.1) is 5.41 Å².